The van der Waals surface area contributed by atoms with Gasteiger partial charge in [0.15, 0.2) is 0 Å². The van der Waals surface area contributed by atoms with E-state index in [0.717, 1.165) is 50.7 Å². The molecule has 6 heteroatoms. The van der Waals surface area contributed by atoms with E-state index in [4.69, 9.17) is 4.74 Å². The van der Waals surface area contributed by atoms with Crippen molar-refractivity contribution < 1.29 is 14.6 Å². The number of aliphatic hydroxyl groups excluding tert-OH is 1. The molecule has 2 aromatic rings. The number of hydrogen-bond acceptors (Lipinski definition) is 4. The fraction of sp³-hybridized carbons (Fsp3) is 0.679. The minimum absolute atomic E-state index is 0.00822. The zero-order chi connectivity index (χ0) is 23.9. The average Bonchev–Trinajstić information content (AvgIpc) is 3.17. The molecule has 1 aliphatic carbocycles. The third kappa shape index (κ3) is 3.93. The monoisotopic (exact) mass is 467 g/mol. The van der Waals surface area contributed by atoms with Crippen molar-refractivity contribution in [2.24, 2.45) is 13.0 Å². The van der Waals surface area contributed by atoms with Gasteiger partial charge in [-0.05, 0) is 49.3 Å². The fourth-order valence-electron chi connectivity index (χ4n) is 7.17. The van der Waals surface area contributed by atoms with Crippen LogP contribution in [0.5, 0.6) is 5.75 Å². The normalized spacial score (nSPS) is 23.4. The number of nitrogens with zero attached hydrogens (tertiary/aromatic N) is 3. The number of rotatable bonds is 5. The van der Waals surface area contributed by atoms with Crippen LogP contribution < -0.4 is 4.74 Å². The standard InChI is InChI=1S/C28H41N3O3/c1-4-25(33)30-14-12-28(13-15-30)19-31(17-20-8-6-5-7-9-20)24(18-32)27-26(28)22-11-10-21(34-3)16-23(22)29(27)2/h10-11,16,20,24,32H,4-9,12-15,17-19H2,1-3H3/t24-/m0/s1. The number of aryl methyl sites for hydroxylation is 1. The fourth-order valence-corrected chi connectivity index (χ4v) is 7.17. The van der Waals surface area contributed by atoms with E-state index in [1.54, 1.807) is 7.11 Å². The Morgan fingerprint density at radius 2 is 1.91 bits per heavy atom. The number of carbonyl (C=O) groups is 1. The van der Waals surface area contributed by atoms with Gasteiger partial charge in [0.05, 0.1) is 25.3 Å². The maximum absolute atomic E-state index is 12.5. The Balaban J connectivity index is 1.60. The summed E-state index contributed by atoms with van der Waals surface area (Å²) in [6.45, 7) is 5.77. The highest BCUT2D eigenvalue weighted by molar-refractivity contribution is 5.88. The van der Waals surface area contributed by atoms with Crippen molar-refractivity contribution in [3.8, 4) is 5.75 Å². The molecule has 1 saturated heterocycles. The summed E-state index contributed by atoms with van der Waals surface area (Å²) in [5, 5.41) is 12.0. The van der Waals surface area contributed by atoms with E-state index in [1.807, 2.05) is 6.92 Å². The molecular formula is C28H41N3O3. The number of aliphatic hydroxyl groups is 1. The SMILES string of the molecule is CCC(=O)N1CCC2(CC1)CN(CC1CCCCC1)[C@@H](CO)c1c2c2ccc(OC)cc2n1C. The maximum atomic E-state index is 12.5. The van der Waals surface area contributed by atoms with E-state index in [1.165, 1.54) is 54.3 Å². The van der Waals surface area contributed by atoms with E-state index >= 15 is 0 Å². The summed E-state index contributed by atoms with van der Waals surface area (Å²) in [7, 11) is 3.87. The van der Waals surface area contributed by atoms with E-state index < -0.39 is 0 Å². The Bertz CT molecular complexity index is 1030. The number of methoxy groups -OCH3 is 1. The predicted molar refractivity (Wildman–Crippen MR) is 135 cm³/mol. The third-order valence-corrected chi connectivity index (χ3v) is 9.01. The number of hydrogen-bond donors (Lipinski definition) is 1. The molecule has 1 aromatic carbocycles. The number of piperidine rings is 1. The van der Waals surface area contributed by atoms with Crippen LogP contribution in [-0.2, 0) is 17.3 Å². The van der Waals surface area contributed by atoms with Gasteiger partial charge in [0.25, 0.3) is 0 Å². The molecule has 1 aromatic heterocycles. The minimum Gasteiger partial charge on any atom is -0.497 e. The summed E-state index contributed by atoms with van der Waals surface area (Å²) in [4.78, 5) is 17.1. The first-order valence-electron chi connectivity index (χ1n) is 13.3. The molecule has 6 nitrogen and oxygen atoms in total. The van der Waals surface area contributed by atoms with E-state index in [0.29, 0.717) is 6.42 Å². The second-order valence-corrected chi connectivity index (χ2v) is 10.8. The average molecular weight is 468 g/mol. The van der Waals surface area contributed by atoms with E-state index in [2.05, 4.69) is 39.6 Å². The van der Waals surface area contributed by atoms with Crippen LogP contribution in [0.2, 0.25) is 0 Å². The number of aromatic nitrogens is 1. The smallest absolute Gasteiger partial charge is 0.222 e. The Morgan fingerprint density at radius 3 is 2.56 bits per heavy atom. The molecule has 3 heterocycles. The summed E-state index contributed by atoms with van der Waals surface area (Å²) >= 11 is 0. The topological polar surface area (TPSA) is 57.9 Å². The molecule has 0 unspecified atom stereocenters. The number of ether oxygens (including phenoxy) is 1. The van der Waals surface area contributed by atoms with Crippen molar-refractivity contribution in [1.29, 1.82) is 0 Å². The van der Waals surface area contributed by atoms with Gasteiger partial charge in [-0.15, -0.1) is 0 Å². The summed E-state index contributed by atoms with van der Waals surface area (Å²) in [5.41, 5.74) is 3.86. The Hall–Kier alpha value is -2.05. The van der Waals surface area contributed by atoms with Crippen molar-refractivity contribution in [2.75, 3.05) is 39.9 Å². The lowest BCUT2D eigenvalue weighted by Crippen LogP contribution is -2.55. The molecule has 186 valence electrons. The third-order valence-electron chi connectivity index (χ3n) is 9.01. The van der Waals surface area contributed by atoms with Crippen LogP contribution in [0.1, 0.15) is 75.6 Å². The second kappa shape index (κ2) is 9.54. The van der Waals surface area contributed by atoms with Gasteiger partial charge in [-0.1, -0.05) is 26.2 Å². The minimum atomic E-state index is 0.00822. The number of carbonyl (C=O) groups excluding carboxylic acids is 1. The Kier molecular flexibility index (Phi) is 6.64. The zero-order valence-corrected chi connectivity index (χ0v) is 21.2. The molecule has 2 fully saturated rings. The van der Waals surface area contributed by atoms with Crippen molar-refractivity contribution in [1.82, 2.24) is 14.4 Å². The number of amides is 1. The molecule has 1 amide bonds. The largest absolute Gasteiger partial charge is 0.497 e. The summed E-state index contributed by atoms with van der Waals surface area (Å²) in [6, 6.07) is 6.43. The number of likely N-dealkylation sites (tertiary alicyclic amines) is 1. The van der Waals surface area contributed by atoms with E-state index in [9.17, 15) is 9.90 Å². The van der Waals surface area contributed by atoms with Gasteiger partial charge in [-0.2, -0.15) is 0 Å². The second-order valence-electron chi connectivity index (χ2n) is 10.8. The van der Waals surface area contributed by atoms with Gasteiger partial charge in [-0.25, -0.2) is 0 Å². The predicted octanol–water partition coefficient (Wildman–Crippen LogP) is 4.39. The zero-order valence-electron chi connectivity index (χ0n) is 21.2. The van der Waals surface area contributed by atoms with Gasteiger partial charge in [0.2, 0.25) is 5.91 Å². The van der Waals surface area contributed by atoms with Gasteiger partial charge in [-0.3, -0.25) is 9.69 Å². The van der Waals surface area contributed by atoms with Crippen LogP contribution in [0.15, 0.2) is 18.2 Å². The lowest BCUT2D eigenvalue weighted by Gasteiger charge is -2.51. The lowest BCUT2D eigenvalue weighted by atomic mass is 9.68. The van der Waals surface area contributed by atoms with Crippen LogP contribution in [0, 0.1) is 5.92 Å². The Morgan fingerprint density at radius 1 is 1.18 bits per heavy atom. The molecule has 1 atom stereocenters. The van der Waals surface area contributed by atoms with Crippen LogP contribution in [0.25, 0.3) is 10.9 Å². The quantitative estimate of drug-likeness (QED) is 0.709. The van der Waals surface area contributed by atoms with Gasteiger partial charge >= 0.3 is 0 Å². The highest BCUT2D eigenvalue weighted by Crippen LogP contribution is 2.50. The van der Waals surface area contributed by atoms with Crippen molar-refractivity contribution >= 4 is 16.8 Å². The first-order valence-corrected chi connectivity index (χ1v) is 13.3. The maximum Gasteiger partial charge on any atom is 0.222 e. The van der Waals surface area contributed by atoms with Crippen LogP contribution in [-0.4, -0.2) is 65.3 Å². The van der Waals surface area contributed by atoms with Crippen molar-refractivity contribution in [3.63, 3.8) is 0 Å². The highest BCUT2D eigenvalue weighted by atomic mass is 16.5. The first-order chi connectivity index (χ1) is 16.5. The molecule has 2 aliphatic heterocycles. The molecular weight excluding hydrogens is 426 g/mol. The van der Waals surface area contributed by atoms with Crippen LogP contribution in [0.4, 0.5) is 0 Å². The van der Waals surface area contributed by atoms with Crippen LogP contribution in [0.3, 0.4) is 0 Å². The molecule has 34 heavy (non-hydrogen) atoms. The molecule has 0 bridgehead atoms. The summed E-state index contributed by atoms with van der Waals surface area (Å²) < 4.78 is 7.87. The molecule has 3 aliphatic rings. The van der Waals surface area contributed by atoms with Crippen molar-refractivity contribution in [2.45, 2.75) is 69.7 Å². The number of fused-ring (bicyclic) bond motifs is 4. The summed E-state index contributed by atoms with van der Waals surface area (Å²) in [6.07, 6.45) is 9.18. The molecule has 1 saturated carbocycles. The molecule has 1 N–H and O–H groups in total. The Labute approximate surface area is 203 Å². The molecule has 0 radical (unpaired) electrons. The van der Waals surface area contributed by atoms with Crippen molar-refractivity contribution in [3.05, 3.63) is 29.5 Å². The molecule has 1 spiro atoms. The first kappa shape index (κ1) is 23.7. The molecule has 5 rings (SSSR count). The highest BCUT2D eigenvalue weighted by Gasteiger charge is 2.48. The number of benzene rings is 1. The summed E-state index contributed by atoms with van der Waals surface area (Å²) in [5.74, 6) is 1.85. The van der Waals surface area contributed by atoms with Gasteiger partial charge < -0.3 is 19.3 Å². The van der Waals surface area contributed by atoms with E-state index in [-0.39, 0.29) is 24.0 Å². The van der Waals surface area contributed by atoms with Gasteiger partial charge in [0, 0.05) is 62.2 Å². The van der Waals surface area contributed by atoms with Gasteiger partial charge in [0.1, 0.15) is 5.75 Å². The lowest BCUT2D eigenvalue weighted by molar-refractivity contribution is -0.132. The van der Waals surface area contributed by atoms with Crippen LogP contribution >= 0.6 is 0 Å².